The Morgan fingerprint density at radius 3 is 2.32 bits per heavy atom. The summed E-state index contributed by atoms with van der Waals surface area (Å²) >= 11 is 0. The Kier molecular flexibility index (Phi) is 11.1. The minimum atomic E-state index is -3.70. The molecule has 37 heavy (non-hydrogen) atoms. The molecular formula is C28H43N5O3S. The lowest BCUT2D eigenvalue weighted by molar-refractivity contribution is -0.136. The predicted octanol–water partition coefficient (Wildman–Crippen LogP) is 2.10. The van der Waals surface area contributed by atoms with Crippen molar-refractivity contribution in [2.24, 2.45) is 34.8 Å². The van der Waals surface area contributed by atoms with Crippen molar-refractivity contribution in [1.82, 2.24) is 4.90 Å². The van der Waals surface area contributed by atoms with Crippen molar-refractivity contribution in [2.45, 2.75) is 56.0 Å². The van der Waals surface area contributed by atoms with Crippen molar-refractivity contribution >= 4 is 15.7 Å². The van der Waals surface area contributed by atoms with E-state index < -0.39 is 21.9 Å². The van der Waals surface area contributed by atoms with Crippen molar-refractivity contribution in [3.8, 4) is 0 Å². The molecule has 1 saturated heterocycles. The van der Waals surface area contributed by atoms with Gasteiger partial charge >= 0.3 is 0 Å². The highest BCUT2D eigenvalue weighted by Crippen LogP contribution is 2.25. The molecule has 0 saturated carbocycles. The number of nitrogens with zero attached hydrogens (tertiary/aromatic N) is 1. The van der Waals surface area contributed by atoms with E-state index in [-0.39, 0.29) is 16.6 Å². The fourth-order valence-electron chi connectivity index (χ4n) is 5.09. The number of amides is 1. The molecule has 1 amide bonds. The number of carbonyl (C=O) groups excluding carboxylic acids is 1. The zero-order valence-electron chi connectivity index (χ0n) is 21.7. The molecule has 204 valence electrons. The van der Waals surface area contributed by atoms with E-state index in [1.165, 1.54) is 0 Å². The van der Waals surface area contributed by atoms with Crippen molar-refractivity contribution in [3.05, 3.63) is 65.2 Å². The first-order valence-corrected chi connectivity index (χ1v) is 15.0. The number of rotatable bonds is 13. The second-order valence-electron chi connectivity index (χ2n) is 10.2. The van der Waals surface area contributed by atoms with Crippen LogP contribution in [0, 0.1) is 11.8 Å². The standard InChI is InChI=1S/C28H43N5O3S/c29-13-2-1-5-22-6-4-9-26(19-22)37(35,36)20-25(18-23-7-3-8-24(17-23)27(31)32)28(34)33-15-11-21(10-14-30)12-16-33/h3-4,6-9,17,19,21,25,27H,1-2,5,10-16,18,20,29-32H2/t25-/m1/s1. The van der Waals surface area contributed by atoms with Gasteiger partial charge in [-0.1, -0.05) is 36.4 Å². The van der Waals surface area contributed by atoms with Crippen molar-refractivity contribution in [2.75, 3.05) is 31.9 Å². The smallest absolute Gasteiger partial charge is 0.227 e. The van der Waals surface area contributed by atoms with Gasteiger partial charge < -0.3 is 27.8 Å². The molecule has 8 nitrogen and oxygen atoms in total. The topological polar surface area (TPSA) is 159 Å². The van der Waals surface area contributed by atoms with Gasteiger partial charge in [0.25, 0.3) is 0 Å². The number of nitrogens with two attached hydrogens (primary N) is 4. The second kappa shape index (κ2) is 14.0. The van der Waals surface area contributed by atoms with Gasteiger partial charge in [0.1, 0.15) is 0 Å². The van der Waals surface area contributed by atoms with E-state index in [1.807, 2.05) is 35.2 Å². The largest absolute Gasteiger partial charge is 0.342 e. The molecule has 8 N–H and O–H groups in total. The fraction of sp³-hybridized carbons (Fsp3) is 0.536. The van der Waals surface area contributed by atoms with Crippen LogP contribution >= 0.6 is 0 Å². The quantitative estimate of drug-likeness (QED) is 0.228. The summed E-state index contributed by atoms with van der Waals surface area (Å²) in [6.45, 7) is 2.51. The maximum absolute atomic E-state index is 13.7. The van der Waals surface area contributed by atoms with Crippen LogP contribution in [0.2, 0.25) is 0 Å². The van der Waals surface area contributed by atoms with Crippen LogP contribution < -0.4 is 22.9 Å². The Morgan fingerprint density at radius 1 is 0.946 bits per heavy atom. The number of piperidine rings is 1. The summed E-state index contributed by atoms with van der Waals surface area (Å²) in [6, 6.07) is 14.5. The monoisotopic (exact) mass is 529 g/mol. The lowest BCUT2D eigenvalue weighted by atomic mass is 9.92. The Morgan fingerprint density at radius 2 is 1.65 bits per heavy atom. The first kappa shape index (κ1) is 29.3. The van der Waals surface area contributed by atoms with Crippen molar-refractivity contribution < 1.29 is 13.2 Å². The molecule has 1 aliphatic rings. The maximum atomic E-state index is 13.7. The molecule has 2 aromatic rings. The normalized spacial score (nSPS) is 15.8. The molecular weight excluding hydrogens is 486 g/mol. The number of unbranched alkanes of at least 4 members (excludes halogenated alkanes) is 1. The molecule has 0 unspecified atom stereocenters. The lowest BCUT2D eigenvalue weighted by Gasteiger charge is -2.34. The van der Waals surface area contributed by atoms with Gasteiger partial charge in [-0.05, 0) is 92.8 Å². The van der Waals surface area contributed by atoms with Crippen LogP contribution in [0.15, 0.2) is 53.4 Å². The molecule has 1 heterocycles. The molecule has 1 atom stereocenters. The van der Waals surface area contributed by atoms with Gasteiger partial charge in [0.05, 0.1) is 22.7 Å². The van der Waals surface area contributed by atoms with Crippen LogP contribution in [-0.4, -0.2) is 51.2 Å². The summed E-state index contributed by atoms with van der Waals surface area (Å²) in [6.07, 6.45) is 4.97. The van der Waals surface area contributed by atoms with Crippen LogP contribution in [0.25, 0.3) is 0 Å². The zero-order chi connectivity index (χ0) is 26.8. The van der Waals surface area contributed by atoms with Crippen LogP contribution in [0.5, 0.6) is 0 Å². The summed E-state index contributed by atoms with van der Waals surface area (Å²) in [7, 11) is -3.70. The van der Waals surface area contributed by atoms with Gasteiger partial charge in [-0.2, -0.15) is 0 Å². The molecule has 1 fully saturated rings. The number of likely N-dealkylation sites (tertiary alicyclic amines) is 1. The fourth-order valence-corrected chi connectivity index (χ4v) is 6.69. The molecule has 0 aromatic heterocycles. The maximum Gasteiger partial charge on any atom is 0.227 e. The van der Waals surface area contributed by atoms with Gasteiger partial charge in [-0.25, -0.2) is 8.42 Å². The summed E-state index contributed by atoms with van der Waals surface area (Å²) in [4.78, 5) is 15.8. The van der Waals surface area contributed by atoms with E-state index in [4.69, 9.17) is 22.9 Å². The van der Waals surface area contributed by atoms with Gasteiger partial charge in [-0.3, -0.25) is 4.79 Å². The Labute approximate surface area is 221 Å². The summed E-state index contributed by atoms with van der Waals surface area (Å²) < 4.78 is 27.1. The van der Waals surface area contributed by atoms with Crippen LogP contribution in [0.4, 0.5) is 0 Å². The van der Waals surface area contributed by atoms with Gasteiger partial charge in [0.15, 0.2) is 9.84 Å². The summed E-state index contributed by atoms with van der Waals surface area (Å²) in [5.74, 6) is -0.557. The molecule has 1 aliphatic heterocycles. The Balaban J connectivity index is 1.83. The number of hydrogen-bond donors (Lipinski definition) is 4. The molecule has 0 radical (unpaired) electrons. The molecule has 0 spiro atoms. The van der Waals surface area contributed by atoms with Crippen LogP contribution in [0.1, 0.15) is 55.0 Å². The van der Waals surface area contributed by atoms with Crippen molar-refractivity contribution in [3.63, 3.8) is 0 Å². The SMILES string of the molecule is NCCCCc1cccc(S(=O)(=O)C[C@@H](Cc2cccc(C(N)N)c2)C(=O)N2CCC(CCN)CC2)c1. The summed E-state index contributed by atoms with van der Waals surface area (Å²) in [5, 5.41) is 0. The highest BCUT2D eigenvalue weighted by atomic mass is 32.2. The van der Waals surface area contributed by atoms with E-state index in [1.54, 1.807) is 18.2 Å². The lowest BCUT2D eigenvalue weighted by Crippen LogP contribution is -2.44. The van der Waals surface area contributed by atoms with Crippen LogP contribution in [0.3, 0.4) is 0 Å². The number of sulfone groups is 1. The minimum absolute atomic E-state index is 0.115. The zero-order valence-corrected chi connectivity index (χ0v) is 22.5. The van der Waals surface area contributed by atoms with E-state index in [0.717, 1.165) is 55.2 Å². The number of carbonyl (C=O) groups is 1. The minimum Gasteiger partial charge on any atom is -0.342 e. The van der Waals surface area contributed by atoms with Gasteiger partial charge in [0.2, 0.25) is 5.91 Å². The first-order valence-electron chi connectivity index (χ1n) is 13.3. The Hall–Kier alpha value is -2.30. The number of aryl methyl sites for hydroxylation is 1. The molecule has 0 bridgehead atoms. The number of benzene rings is 2. The van der Waals surface area contributed by atoms with E-state index in [2.05, 4.69) is 0 Å². The van der Waals surface area contributed by atoms with E-state index in [0.29, 0.717) is 38.5 Å². The highest BCUT2D eigenvalue weighted by Gasteiger charge is 2.32. The molecule has 3 rings (SSSR count). The Bertz CT molecular complexity index is 1110. The van der Waals surface area contributed by atoms with Gasteiger partial charge in [0, 0.05) is 13.1 Å². The third kappa shape index (κ3) is 8.61. The third-order valence-corrected chi connectivity index (χ3v) is 9.08. The third-order valence-electron chi connectivity index (χ3n) is 7.27. The predicted molar refractivity (Wildman–Crippen MR) is 148 cm³/mol. The molecule has 2 aromatic carbocycles. The number of hydrogen-bond acceptors (Lipinski definition) is 7. The first-order chi connectivity index (χ1) is 17.7. The molecule has 0 aliphatic carbocycles. The summed E-state index contributed by atoms with van der Waals surface area (Å²) in [5.41, 5.74) is 25.6. The second-order valence-corrected chi connectivity index (χ2v) is 12.2. The van der Waals surface area contributed by atoms with Gasteiger partial charge in [-0.15, -0.1) is 0 Å². The average Bonchev–Trinajstić information content (AvgIpc) is 2.89. The highest BCUT2D eigenvalue weighted by molar-refractivity contribution is 7.91. The van der Waals surface area contributed by atoms with E-state index in [9.17, 15) is 13.2 Å². The van der Waals surface area contributed by atoms with Crippen LogP contribution in [-0.2, 0) is 27.5 Å². The van der Waals surface area contributed by atoms with E-state index >= 15 is 0 Å². The molecule has 9 heteroatoms. The van der Waals surface area contributed by atoms with Crippen molar-refractivity contribution in [1.29, 1.82) is 0 Å². The average molecular weight is 530 g/mol.